The SMILES string of the molecule is O/N=C1/COc2cc(Oc3ccccc3)ccc21. The molecule has 3 rings (SSSR count). The Morgan fingerprint density at radius 1 is 1.06 bits per heavy atom. The highest BCUT2D eigenvalue weighted by Crippen LogP contribution is 2.31. The van der Waals surface area contributed by atoms with Crippen LogP contribution >= 0.6 is 0 Å². The molecule has 4 heteroatoms. The van der Waals surface area contributed by atoms with Crippen LogP contribution in [0.1, 0.15) is 5.56 Å². The van der Waals surface area contributed by atoms with Gasteiger partial charge in [0.15, 0.2) is 0 Å². The van der Waals surface area contributed by atoms with E-state index in [9.17, 15) is 0 Å². The molecule has 0 saturated carbocycles. The molecule has 4 nitrogen and oxygen atoms in total. The third kappa shape index (κ3) is 1.88. The summed E-state index contributed by atoms with van der Waals surface area (Å²) < 4.78 is 11.1. The Labute approximate surface area is 104 Å². The van der Waals surface area contributed by atoms with Crippen LogP contribution in [0.3, 0.4) is 0 Å². The van der Waals surface area contributed by atoms with Crippen molar-refractivity contribution < 1.29 is 14.7 Å². The molecule has 2 aromatic carbocycles. The molecule has 0 unspecified atom stereocenters. The minimum absolute atomic E-state index is 0.292. The number of ether oxygens (including phenoxy) is 2. The summed E-state index contributed by atoms with van der Waals surface area (Å²) in [6, 6.07) is 15.0. The number of oxime groups is 1. The van der Waals surface area contributed by atoms with Crippen LogP contribution < -0.4 is 9.47 Å². The average Bonchev–Trinajstić information content (AvgIpc) is 2.82. The predicted octanol–water partition coefficient (Wildman–Crippen LogP) is 3.05. The molecule has 90 valence electrons. The van der Waals surface area contributed by atoms with E-state index in [4.69, 9.17) is 14.7 Å². The Hall–Kier alpha value is -2.49. The number of rotatable bonds is 2. The molecule has 1 aliphatic heterocycles. The number of hydrogen-bond donors (Lipinski definition) is 1. The molecule has 2 aromatic rings. The van der Waals surface area contributed by atoms with Crippen molar-refractivity contribution in [1.82, 2.24) is 0 Å². The highest BCUT2D eigenvalue weighted by atomic mass is 16.5. The fraction of sp³-hybridized carbons (Fsp3) is 0.0714. The van der Waals surface area contributed by atoms with Crippen LogP contribution in [0.15, 0.2) is 53.7 Å². The maximum absolute atomic E-state index is 8.79. The summed E-state index contributed by atoms with van der Waals surface area (Å²) in [6.07, 6.45) is 0. The zero-order chi connectivity index (χ0) is 12.4. The van der Waals surface area contributed by atoms with Gasteiger partial charge in [0.1, 0.15) is 29.6 Å². The quantitative estimate of drug-likeness (QED) is 0.649. The van der Waals surface area contributed by atoms with Gasteiger partial charge in [-0.15, -0.1) is 0 Å². The molecule has 0 aliphatic carbocycles. The number of para-hydroxylation sites is 1. The van der Waals surface area contributed by atoms with Crippen molar-refractivity contribution in [2.45, 2.75) is 0 Å². The summed E-state index contributed by atoms with van der Waals surface area (Å²) >= 11 is 0. The van der Waals surface area contributed by atoms with E-state index in [1.54, 1.807) is 6.07 Å². The van der Waals surface area contributed by atoms with Crippen LogP contribution in [0.25, 0.3) is 0 Å². The van der Waals surface area contributed by atoms with E-state index in [1.807, 2.05) is 42.5 Å². The van der Waals surface area contributed by atoms with Gasteiger partial charge < -0.3 is 14.7 Å². The van der Waals surface area contributed by atoms with Gasteiger partial charge in [0.05, 0.1) is 0 Å². The first-order chi connectivity index (χ1) is 8.86. The molecular formula is C14H11NO3. The van der Waals surface area contributed by atoms with E-state index in [0.717, 1.165) is 11.3 Å². The number of benzene rings is 2. The highest BCUT2D eigenvalue weighted by molar-refractivity contribution is 6.06. The summed E-state index contributed by atoms with van der Waals surface area (Å²) in [5.74, 6) is 2.14. The van der Waals surface area contributed by atoms with Crippen LogP contribution in [-0.2, 0) is 0 Å². The van der Waals surface area contributed by atoms with Crippen molar-refractivity contribution >= 4 is 5.71 Å². The smallest absolute Gasteiger partial charge is 0.134 e. The summed E-state index contributed by atoms with van der Waals surface area (Å²) in [6.45, 7) is 0.292. The van der Waals surface area contributed by atoms with Gasteiger partial charge in [-0.05, 0) is 24.3 Å². The first-order valence-electron chi connectivity index (χ1n) is 5.58. The molecule has 0 bridgehead atoms. The van der Waals surface area contributed by atoms with Gasteiger partial charge in [0, 0.05) is 11.6 Å². The Morgan fingerprint density at radius 3 is 2.67 bits per heavy atom. The van der Waals surface area contributed by atoms with Crippen LogP contribution in [-0.4, -0.2) is 17.5 Å². The summed E-state index contributed by atoms with van der Waals surface area (Å²) in [4.78, 5) is 0. The lowest BCUT2D eigenvalue weighted by atomic mass is 10.1. The molecule has 18 heavy (non-hydrogen) atoms. The molecule has 0 radical (unpaired) electrons. The van der Waals surface area contributed by atoms with Crippen molar-refractivity contribution in [3.63, 3.8) is 0 Å². The fourth-order valence-corrected chi connectivity index (χ4v) is 1.86. The van der Waals surface area contributed by atoms with Crippen molar-refractivity contribution in [3.05, 3.63) is 54.1 Å². The molecule has 0 saturated heterocycles. The third-order valence-electron chi connectivity index (χ3n) is 2.73. The largest absolute Gasteiger partial charge is 0.486 e. The van der Waals surface area contributed by atoms with Crippen LogP contribution in [0.2, 0.25) is 0 Å². The summed E-state index contributed by atoms with van der Waals surface area (Å²) in [7, 11) is 0. The molecular weight excluding hydrogens is 230 g/mol. The van der Waals surface area contributed by atoms with Crippen LogP contribution in [0, 0.1) is 0 Å². The summed E-state index contributed by atoms with van der Waals surface area (Å²) in [5.41, 5.74) is 1.34. The van der Waals surface area contributed by atoms with E-state index < -0.39 is 0 Å². The van der Waals surface area contributed by atoms with E-state index in [2.05, 4.69) is 5.16 Å². The first kappa shape index (κ1) is 10.7. The number of fused-ring (bicyclic) bond motifs is 1. The van der Waals surface area contributed by atoms with Crippen molar-refractivity contribution in [1.29, 1.82) is 0 Å². The lowest BCUT2D eigenvalue weighted by molar-refractivity contribution is 0.313. The van der Waals surface area contributed by atoms with Crippen molar-refractivity contribution in [2.75, 3.05) is 6.61 Å². The standard InChI is InChI=1S/C14H11NO3/c16-15-13-9-17-14-8-11(6-7-12(13)14)18-10-4-2-1-3-5-10/h1-8,16H,9H2/b15-13-. The van der Waals surface area contributed by atoms with Crippen molar-refractivity contribution in [2.24, 2.45) is 5.16 Å². The van der Waals surface area contributed by atoms with Gasteiger partial charge >= 0.3 is 0 Å². The Bertz CT molecular complexity index is 593. The fourth-order valence-electron chi connectivity index (χ4n) is 1.86. The Balaban J connectivity index is 1.88. The monoisotopic (exact) mass is 241 g/mol. The Kier molecular flexibility index (Phi) is 2.61. The first-order valence-corrected chi connectivity index (χ1v) is 5.58. The lowest BCUT2D eigenvalue weighted by Gasteiger charge is -2.06. The molecule has 0 amide bonds. The van der Waals surface area contributed by atoms with E-state index in [-0.39, 0.29) is 0 Å². The van der Waals surface area contributed by atoms with Gasteiger partial charge in [0.2, 0.25) is 0 Å². The highest BCUT2D eigenvalue weighted by Gasteiger charge is 2.20. The minimum atomic E-state index is 0.292. The van der Waals surface area contributed by atoms with Gasteiger partial charge in [-0.25, -0.2) is 0 Å². The van der Waals surface area contributed by atoms with Gasteiger partial charge in [0.25, 0.3) is 0 Å². The van der Waals surface area contributed by atoms with Crippen LogP contribution in [0.5, 0.6) is 17.2 Å². The minimum Gasteiger partial charge on any atom is -0.486 e. The lowest BCUT2D eigenvalue weighted by Crippen LogP contribution is -2.01. The average molecular weight is 241 g/mol. The van der Waals surface area contributed by atoms with E-state index in [0.29, 0.717) is 23.8 Å². The van der Waals surface area contributed by atoms with E-state index >= 15 is 0 Å². The second-order valence-corrected chi connectivity index (χ2v) is 3.91. The second kappa shape index (κ2) is 4.41. The molecule has 0 fully saturated rings. The normalized spacial score (nSPS) is 15.2. The van der Waals surface area contributed by atoms with E-state index in [1.165, 1.54) is 0 Å². The molecule has 1 heterocycles. The molecule has 0 aromatic heterocycles. The van der Waals surface area contributed by atoms with Crippen LogP contribution in [0.4, 0.5) is 0 Å². The molecule has 0 spiro atoms. The van der Waals surface area contributed by atoms with Gasteiger partial charge in [-0.2, -0.15) is 0 Å². The maximum Gasteiger partial charge on any atom is 0.134 e. The summed E-state index contributed by atoms with van der Waals surface area (Å²) in [5, 5.41) is 12.0. The zero-order valence-electron chi connectivity index (χ0n) is 9.54. The second-order valence-electron chi connectivity index (χ2n) is 3.91. The third-order valence-corrected chi connectivity index (χ3v) is 2.73. The molecule has 1 N–H and O–H groups in total. The zero-order valence-corrected chi connectivity index (χ0v) is 9.54. The molecule has 0 atom stereocenters. The topological polar surface area (TPSA) is 51.1 Å². The predicted molar refractivity (Wildman–Crippen MR) is 66.8 cm³/mol. The molecule has 1 aliphatic rings. The van der Waals surface area contributed by atoms with Gasteiger partial charge in [-0.3, -0.25) is 0 Å². The van der Waals surface area contributed by atoms with Crippen molar-refractivity contribution in [3.8, 4) is 17.2 Å². The maximum atomic E-state index is 8.79. The van der Waals surface area contributed by atoms with Gasteiger partial charge in [-0.1, -0.05) is 23.4 Å². The number of hydrogen-bond acceptors (Lipinski definition) is 4. The number of nitrogens with zero attached hydrogens (tertiary/aromatic N) is 1. The Morgan fingerprint density at radius 2 is 1.89 bits per heavy atom.